The SMILES string of the molecule is O=C1C=C(N[C@@H]2CCCC[C@H]2O)CCC1. The highest BCUT2D eigenvalue weighted by atomic mass is 16.3. The molecule has 0 unspecified atom stereocenters. The number of nitrogens with one attached hydrogen (secondary N) is 1. The number of ketones is 1. The van der Waals surface area contributed by atoms with Gasteiger partial charge in [0, 0.05) is 18.2 Å². The van der Waals surface area contributed by atoms with E-state index in [0.717, 1.165) is 37.8 Å². The van der Waals surface area contributed by atoms with Crippen LogP contribution < -0.4 is 5.32 Å². The van der Waals surface area contributed by atoms with Crippen molar-refractivity contribution >= 4 is 5.78 Å². The molecule has 0 spiro atoms. The molecule has 15 heavy (non-hydrogen) atoms. The fourth-order valence-corrected chi connectivity index (χ4v) is 2.42. The fourth-order valence-electron chi connectivity index (χ4n) is 2.42. The molecule has 3 nitrogen and oxygen atoms in total. The Hall–Kier alpha value is -0.830. The van der Waals surface area contributed by atoms with Crippen molar-refractivity contribution in [2.24, 2.45) is 0 Å². The quantitative estimate of drug-likeness (QED) is 0.725. The summed E-state index contributed by atoms with van der Waals surface area (Å²) in [5.74, 6) is 0.217. The number of allylic oxidation sites excluding steroid dienone is 2. The topological polar surface area (TPSA) is 49.3 Å². The van der Waals surface area contributed by atoms with Crippen LogP contribution in [0, 0.1) is 0 Å². The van der Waals surface area contributed by atoms with Gasteiger partial charge in [-0.2, -0.15) is 0 Å². The van der Waals surface area contributed by atoms with Crippen molar-refractivity contribution in [3.05, 3.63) is 11.8 Å². The third-order valence-corrected chi connectivity index (χ3v) is 3.30. The van der Waals surface area contributed by atoms with E-state index in [1.165, 1.54) is 6.42 Å². The molecule has 2 rings (SSSR count). The van der Waals surface area contributed by atoms with Crippen molar-refractivity contribution in [2.45, 2.75) is 57.1 Å². The van der Waals surface area contributed by atoms with Crippen molar-refractivity contribution in [1.82, 2.24) is 5.32 Å². The summed E-state index contributed by atoms with van der Waals surface area (Å²) < 4.78 is 0. The van der Waals surface area contributed by atoms with E-state index in [4.69, 9.17) is 0 Å². The van der Waals surface area contributed by atoms with E-state index in [0.29, 0.717) is 6.42 Å². The molecule has 3 heteroatoms. The summed E-state index contributed by atoms with van der Waals surface area (Å²) in [5.41, 5.74) is 1.03. The van der Waals surface area contributed by atoms with Gasteiger partial charge in [0.25, 0.3) is 0 Å². The summed E-state index contributed by atoms with van der Waals surface area (Å²) in [6.07, 6.45) is 8.26. The van der Waals surface area contributed by atoms with Crippen LogP contribution in [-0.4, -0.2) is 23.0 Å². The van der Waals surface area contributed by atoms with E-state index in [9.17, 15) is 9.90 Å². The number of hydrogen-bond donors (Lipinski definition) is 2. The molecule has 84 valence electrons. The van der Waals surface area contributed by atoms with Crippen LogP contribution in [0.3, 0.4) is 0 Å². The Bertz CT molecular complexity index is 273. The number of aliphatic hydroxyl groups is 1. The van der Waals surface area contributed by atoms with Crippen molar-refractivity contribution < 1.29 is 9.90 Å². The van der Waals surface area contributed by atoms with E-state index in [1.807, 2.05) is 0 Å². The van der Waals surface area contributed by atoms with Gasteiger partial charge in [0.15, 0.2) is 5.78 Å². The zero-order chi connectivity index (χ0) is 10.7. The maximum absolute atomic E-state index is 11.2. The minimum absolute atomic E-state index is 0.163. The Balaban J connectivity index is 1.92. The Kier molecular flexibility index (Phi) is 3.41. The zero-order valence-corrected chi connectivity index (χ0v) is 9.04. The molecule has 2 aliphatic carbocycles. The molecule has 0 aromatic rings. The normalized spacial score (nSPS) is 32.3. The van der Waals surface area contributed by atoms with E-state index in [-0.39, 0.29) is 17.9 Å². The Morgan fingerprint density at radius 1 is 1.20 bits per heavy atom. The molecule has 2 N–H and O–H groups in total. The first-order valence-electron chi connectivity index (χ1n) is 5.94. The molecule has 0 bridgehead atoms. The minimum Gasteiger partial charge on any atom is -0.391 e. The summed E-state index contributed by atoms with van der Waals surface area (Å²) in [4.78, 5) is 11.2. The van der Waals surface area contributed by atoms with E-state index >= 15 is 0 Å². The second-order valence-electron chi connectivity index (χ2n) is 4.59. The molecular formula is C12H19NO2. The molecular weight excluding hydrogens is 190 g/mol. The van der Waals surface area contributed by atoms with Gasteiger partial charge in [-0.05, 0) is 25.7 Å². The van der Waals surface area contributed by atoms with Gasteiger partial charge in [-0.3, -0.25) is 4.79 Å². The summed E-state index contributed by atoms with van der Waals surface area (Å²) in [5, 5.41) is 13.1. The van der Waals surface area contributed by atoms with Crippen LogP contribution in [0.4, 0.5) is 0 Å². The predicted molar refractivity (Wildman–Crippen MR) is 58.3 cm³/mol. The molecule has 2 atom stereocenters. The summed E-state index contributed by atoms with van der Waals surface area (Å²) >= 11 is 0. The van der Waals surface area contributed by atoms with E-state index in [1.54, 1.807) is 6.08 Å². The van der Waals surface area contributed by atoms with E-state index in [2.05, 4.69) is 5.32 Å². The zero-order valence-electron chi connectivity index (χ0n) is 9.04. The lowest BCUT2D eigenvalue weighted by molar-refractivity contribution is -0.115. The van der Waals surface area contributed by atoms with Crippen molar-refractivity contribution in [3.8, 4) is 0 Å². The first-order chi connectivity index (χ1) is 7.25. The lowest BCUT2D eigenvalue weighted by Gasteiger charge is -2.30. The van der Waals surface area contributed by atoms with Gasteiger partial charge < -0.3 is 10.4 Å². The number of carbonyl (C=O) groups is 1. The number of carbonyl (C=O) groups excluding carboxylic acids is 1. The molecule has 0 aliphatic heterocycles. The Labute approximate surface area is 90.6 Å². The minimum atomic E-state index is -0.239. The van der Waals surface area contributed by atoms with Crippen molar-refractivity contribution in [2.75, 3.05) is 0 Å². The highest BCUT2D eigenvalue weighted by molar-refractivity contribution is 5.91. The van der Waals surface area contributed by atoms with Gasteiger partial charge in [0.05, 0.1) is 12.1 Å². The highest BCUT2D eigenvalue weighted by Gasteiger charge is 2.24. The van der Waals surface area contributed by atoms with E-state index < -0.39 is 0 Å². The molecule has 0 radical (unpaired) electrons. The third-order valence-electron chi connectivity index (χ3n) is 3.30. The monoisotopic (exact) mass is 209 g/mol. The van der Waals surface area contributed by atoms with Gasteiger partial charge in [0.1, 0.15) is 0 Å². The third kappa shape index (κ3) is 2.81. The average Bonchev–Trinajstić information content (AvgIpc) is 2.22. The van der Waals surface area contributed by atoms with Crippen LogP contribution in [0.25, 0.3) is 0 Å². The first kappa shape index (κ1) is 10.7. The molecule has 1 fully saturated rings. The van der Waals surface area contributed by atoms with Crippen LogP contribution in [0.15, 0.2) is 11.8 Å². The lowest BCUT2D eigenvalue weighted by Crippen LogP contribution is -2.42. The fraction of sp³-hybridized carbons (Fsp3) is 0.750. The van der Waals surface area contributed by atoms with Gasteiger partial charge in [-0.15, -0.1) is 0 Å². The van der Waals surface area contributed by atoms with Crippen molar-refractivity contribution in [3.63, 3.8) is 0 Å². The van der Waals surface area contributed by atoms with Gasteiger partial charge in [0.2, 0.25) is 0 Å². The second-order valence-corrected chi connectivity index (χ2v) is 4.59. The van der Waals surface area contributed by atoms with Crippen LogP contribution in [0.5, 0.6) is 0 Å². The first-order valence-corrected chi connectivity index (χ1v) is 5.94. The highest BCUT2D eigenvalue weighted by Crippen LogP contribution is 2.21. The average molecular weight is 209 g/mol. The molecule has 0 aromatic heterocycles. The molecule has 0 heterocycles. The van der Waals surface area contributed by atoms with Crippen LogP contribution in [-0.2, 0) is 4.79 Å². The molecule has 1 saturated carbocycles. The maximum Gasteiger partial charge on any atom is 0.157 e. The second kappa shape index (κ2) is 4.79. The predicted octanol–water partition coefficient (Wildman–Crippen LogP) is 1.52. The Morgan fingerprint density at radius 2 is 2.00 bits per heavy atom. The lowest BCUT2D eigenvalue weighted by atomic mass is 9.91. The van der Waals surface area contributed by atoms with Crippen molar-refractivity contribution in [1.29, 1.82) is 0 Å². The van der Waals surface area contributed by atoms with Crippen LogP contribution >= 0.6 is 0 Å². The molecule has 0 aromatic carbocycles. The number of aliphatic hydroxyl groups excluding tert-OH is 1. The Morgan fingerprint density at radius 3 is 2.73 bits per heavy atom. The molecule has 2 aliphatic rings. The van der Waals surface area contributed by atoms with Crippen LogP contribution in [0.1, 0.15) is 44.9 Å². The van der Waals surface area contributed by atoms with Gasteiger partial charge in [-0.25, -0.2) is 0 Å². The van der Waals surface area contributed by atoms with Crippen LogP contribution in [0.2, 0.25) is 0 Å². The molecule has 0 saturated heterocycles. The maximum atomic E-state index is 11.2. The summed E-state index contributed by atoms with van der Waals surface area (Å²) in [7, 11) is 0. The number of rotatable bonds is 2. The van der Waals surface area contributed by atoms with Gasteiger partial charge in [-0.1, -0.05) is 12.8 Å². The molecule has 0 amide bonds. The summed E-state index contributed by atoms with van der Waals surface area (Å²) in [6.45, 7) is 0. The number of hydrogen-bond acceptors (Lipinski definition) is 3. The standard InChI is InChI=1S/C12H19NO2/c14-10-5-3-4-9(8-10)13-11-6-1-2-7-12(11)15/h8,11-13,15H,1-7H2/t11-,12-/m1/s1. The summed E-state index contributed by atoms with van der Waals surface area (Å²) in [6, 6.07) is 0.163. The largest absolute Gasteiger partial charge is 0.391 e. The van der Waals surface area contributed by atoms with Gasteiger partial charge >= 0.3 is 0 Å². The smallest absolute Gasteiger partial charge is 0.157 e.